The van der Waals surface area contributed by atoms with Crippen LogP contribution >= 0.6 is 11.6 Å². The second kappa shape index (κ2) is 7.66. The molecular formula is C19H19ClN2O3. The number of aromatic carboxylic acids is 1. The molecule has 6 heteroatoms. The predicted octanol–water partition coefficient (Wildman–Crippen LogP) is 3.53. The fraction of sp³-hybridized carbons (Fsp3) is 0.316. The maximum atomic E-state index is 12.8. The Kier molecular flexibility index (Phi) is 5.34. The van der Waals surface area contributed by atoms with Crippen molar-refractivity contribution in [2.24, 2.45) is 5.92 Å². The molecule has 0 spiro atoms. The van der Waals surface area contributed by atoms with Gasteiger partial charge in [-0.05, 0) is 55.0 Å². The molecule has 1 aromatic carbocycles. The van der Waals surface area contributed by atoms with E-state index in [0.29, 0.717) is 23.0 Å². The first-order chi connectivity index (χ1) is 12.0. The van der Waals surface area contributed by atoms with Gasteiger partial charge in [-0.25, -0.2) is 9.78 Å². The third-order valence-electron chi connectivity index (χ3n) is 4.28. The number of carboxylic acid groups (broad SMARTS) is 1. The van der Waals surface area contributed by atoms with Crippen molar-refractivity contribution in [3.63, 3.8) is 0 Å². The van der Waals surface area contributed by atoms with Crippen LogP contribution in [0.2, 0.25) is 5.02 Å². The number of carbonyl (C=O) groups is 2. The van der Waals surface area contributed by atoms with Crippen molar-refractivity contribution < 1.29 is 14.7 Å². The van der Waals surface area contributed by atoms with Crippen molar-refractivity contribution >= 4 is 23.5 Å². The predicted molar refractivity (Wildman–Crippen MR) is 95.0 cm³/mol. The van der Waals surface area contributed by atoms with Crippen LogP contribution in [0.3, 0.4) is 0 Å². The van der Waals surface area contributed by atoms with E-state index in [4.69, 9.17) is 16.7 Å². The Balaban J connectivity index is 1.69. The lowest BCUT2D eigenvalue weighted by Gasteiger charge is -2.23. The van der Waals surface area contributed by atoms with Crippen LogP contribution in [0.5, 0.6) is 0 Å². The van der Waals surface area contributed by atoms with Gasteiger partial charge >= 0.3 is 5.97 Å². The van der Waals surface area contributed by atoms with E-state index in [2.05, 4.69) is 4.98 Å². The number of hydrogen-bond donors (Lipinski definition) is 1. The molecule has 5 nitrogen and oxygen atoms in total. The number of pyridine rings is 1. The van der Waals surface area contributed by atoms with Gasteiger partial charge in [-0.15, -0.1) is 0 Å². The van der Waals surface area contributed by atoms with E-state index >= 15 is 0 Å². The van der Waals surface area contributed by atoms with Crippen molar-refractivity contribution in [1.29, 1.82) is 0 Å². The summed E-state index contributed by atoms with van der Waals surface area (Å²) < 4.78 is 0. The van der Waals surface area contributed by atoms with E-state index in [9.17, 15) is 9.59 Å². The minimum atomic E-state index is -1.10. The second-order valence-electron chi connectivity index (χ2n) is 6.31. The topological polar surface area (TPSA) is 70.5 Å². The summed E-state index contributed by atoms with van der Waals surface area (Å²) in [6.07, 6.45) is 4.39. The highest BCUT2D eigenvalue weighted by molar-refractivity contribution is 6.30. The van der Waals surface area contributed by atoms with E-state index in [0.717, 1.165) is 31.4 Å². The Labute approximate surface area is 151 Å². The number of hydrogen-bond acceptors (Lipinski definition) is 3. The van der Waals surface area contributed by atoms with Crippen molar-refractivity contribution in [3.8, 4) is 0 Å². The lowest BCUT2D eigenvalue weighted by molar-refractivity contribution is 0.0687. The van der Waals surface area contributed by atoms with E-state index in [1.54, 1.807) is 0 Å². The summed E-state index contributed by atoms with van der Waals surface area (Å²) in [4.78, 5) is 29.3. The first kappa shape index (κ1) is 17.4. The van der Waals surface area contributed by atoms with Crippen LogP contribution in [0.25, 0.3) is 0 Å². The standard InChI is InChI=1S/C19H19ClN2O3/c20-16-6-3-13(4-7-16)9-10-22(12-14-1-2-14)18(23)15-5-8-17(19(24)25)21-11-15/h3-8,11,14H,1-2,9-10,12H2,(H,24,25). The molecule has 25 heavy (non-hydrogen) atoms. The molecule has 0 atom stereocenters. The smallest absolute Gasteiger partial charge is 0.354 e. The van der Waals surface area contributed by atoms with Gasteiger partial charge in [0.1, 0.15) is 5.69 Å². The monoisotopic (exact) mass is 358 g/mol. The second-order valence-corrected chi connectivity index (χ2v) is 6.74. The van der Waals surface area contributed by atoms with Gasteiger partial charge in [0.25, 0.3) is 5.91 Å². The molecule has 130 valence electrons. The first-order valence-electron chi connectivity index (χ1n) is 8.26. The summed E-state index contributed by atoms with van der Waals surface area (Å²) in [5.41, 5.74) is 1.48. The molecule has 1 saturated carbocycles. The highest BCUT2D eigenvalue weighted by atomic mass is 35.5. The van der Waals surface area contributed by atoms with Gasteiger partial charge in [-0.2, -0.15) is 0 Å². The Morgan fingerprint density at radius 2 is 1.88 bits per heavy atom. The molecule has 0 aliphatic heterocycles. The first-order valence-corrected chi connectivity index (χ1v) is 8.64. The lowest BCUT2D eigenvalue weighted by atomic mass is 10.1. The van der Waals surface area contributed by atoms with Crippen molar-refractivity contribution in [3.05, 3.63) is 64.4 Å². The van der Waals surface area contributed by atoms with Crippen LogP contribution in [-0.4, -0.2) is 40.0 Å². The molecule has 0 unspecified atom stereocenters. The van der Waals surface area contributed by atoms with E-state index in [1.165, 1.54) is 18.3 Å². The minimum absolute atomic E-state index is 0.0635. The number of nitrogens with zero attached hydrogens (tertiary/aromatic N) is 2. The maximum absolute atomic E-state index is 12.8. The Morgan fingerprint density at radius 1 is 1.16 bits per heavy atom. The average Bonchev–Trinajstić information content (AvgIpc) is 3.43. The highest BCUT2D eigenvalue weighted by Gasteiger charge is 2.27. The lowest BCUT2D eigenvalue weighted by Crippen LogP contribution is -2.34. The number of amides is 1. The van der Waals surface area contributed by atoms with Gasteiger partial charge in [0.2, 0.25) is 0 Å². The summed E-state index contributed by atoms with van der Waals surface area (Å²) in [6, 6.07) is 10.5. The third kappa shape index (κ3) is 4.79. The van der Waals surface area contributed by atoms with E-state index in [1.807, 2.05) is 29.2 Å². The van der Waals surface area contributed by atoms with Gasteiger partial charge in [0.15, 0.2) is 0 Å². The molecule has 1 aliphatic carbocycles. The van der Waals surface area contributed by atoms with Crippen molar-refractivity contribution in [2.45, 2.75) is 19.3 Å². The van der Waals surface area contributed by atoms with Crippen LogP contribution in [0.1, 0.15) is 39.3 Å². The van der Waals surface area contributed by atoms with Crippen LogP contribution < -0.4 is 0 Å². The largest absolute Gasteiger partial charge is 0.477 e. The fourth-order valence-electron chi connectivity index (χ4n) is 2.63. The highest BCUT2D eigenvalue weighted by Crippen LogP contribution is 2.30. The zero-order valence-electron chi connectivity index (χ0n) is 13.7. The van der Waals surface area contributed by atoms with E-state index < -0.39 is 5.97 Å². The molecular weight excluding hydrogens is 340 g/mol. The van der Waals surface area contributed by atoms with Crippen LogP contribution in [0.4, 0.5) is 0 Å². The molecule has 2 aromatic rings. The Hall–Kier alpha value is -2.40. The molecule has 1 heterocycles. The molecule has 0 saturated heterocycles. The summed E-state index contributed by atoms with van der Waals surface area (Å²) in [6.45, 7) is 1.34. The number of halogens is 1. The van der Waals surface area contributed by atoms with E-state index in [-0.39, 0.29) is 11.6 Å². The Morgan fingerprint density at radius 3 is 2.44 bits per heavy atom. The number of carbonyl (C=O) groups excluding carboxylic acids is 1. The molecule has 0 bridgehead atoms. The zero-order valence-corrected chi connectivity index (χ0v) is 14.4. The summed E-state index contributed by atoms with van der Waals surface area (Å²) in [5.74, 6) is -0.637. The van der Waals surface area contributed by atoms with Gasteiger partial charge in [0.05, 0.1) is 5.56 Å². The fourth-order valence-corrected chi connectivity index (χ4v) is 2.76. The SMILES string of the molecule is O=C(O)c1ccc(C(=O)N(CCc2ccc(Cl)cc2)CC2CC2)cn1. The van der Waals surface area contributed by atoms with Crippen LogP contribution in [-0.2, 0) is 6.42 Å². The molecule has 1 amide bonds. The van der Waals surface area contributed by atoms with Gasteiger partial charge in [-0.3, -0.25) is 4.79 Å². The molecule has 3 rings (SSSR count). The number of aromatic nitrogens is 1. The van der Waals surface area contributed by atoms with Crippen molar-refractivity contribution in [1.82, 2.24) is 9.88 Å². The third-order valence-corrected chi connectivity index (χ3v) is 4.53. The van der Waals surface area contributed by atoms with Crippen LogP contribution in [0, 0.1) is 5.92 Å². The summed E-state index contributed by atoms with van der Waals surface area (Å²) in [5, 5.41) is 9.61. The minimum Gasteiger partial charge on any atom is -0.477 e. The number of rotatable bonds is 7. The number of carboxylic acids is 1. The van der Waals surface area contributed by atoms with Crippen LogP contribution in [0.15, 0.2) is 42.6 Å². The van der Waals surface area contributed by atoms with Gasteiger partial charge < -0.3 is 10.0 Å². The maximum Gasteiger partial charge on any atom is 0.354 e. The molecule has 1 aliphatic rings. The van der Waals surface area contributed by atoms with Gasteiger partial charge in [0, 0.05) is 24.3 Å². The molecule has 1 aromatic heterocycles. The number of benzene rings is 1. The van der Waals surface area contributed by atoms with Gasteiger partial charge in [-0.1, -0.05) is 23.7 Å². The summed E-state index contributed by atoms with van der Waals surface area (Å²) in [7, 11) is 0. The molecule has 1 fully saturated rings. The van der Waals surface area contributed by atoms with Crippen molar-refractivity contribution in [2.75, 3.05) is 13.1 Å². The zero-order chi connectivity index (χ0) is 17.8. The molecule has 1 N–H and O–H groups in total. The average molecular weight is 359 g/mol. The normalized spacial score (nSPS) is 13.5. The molecule has 0 radical (unpaired) electrons. The quantitative estimate of drug-likeness (QED) is 0.822. The Bertz CT molecular complexity index is 755. The summed E-state index contributed by atoms with van der Waals surface area (Å²) >= 11 is 5.90.